The minimum atomic E-state index is -0.876. The molecule has 3 heterocycles. The molecule has 2 aromatic heterocycles. The number of nitrogens with zero attached hydrogens (tertiary/aromatic N) is 3. The maximum absolute atomic E-state index is 13.4. The number of pyridine rings is 1. The molecule has 184 valence electrons. The Hall–Kier alpha value is -3.82. The van der Waals surface area contributed by atoms with E-state index in [1.807, 2.05) is 12.1 Å². The van der Waals surface area contributed by atoms with E-state index >= 15 is 0 Å². The van der Waals surface area contributed by atoms with Gasteiger partial charge in [0.2, 0.25) is 0 Å². The molecule has 0 spiro atoms. The zero-order chi connectivity index (χ0) is 25.1. The number of fused-ring (bicyclic) bond motifs is 1. The third-order valence-corrected chi connectivity index (χ3v) is 6.50. The van der Waals surface area contributed by atoms with E-state index in [4.69, 9.17) is 16.3 Å². The van der Waals surface area contributed by atoms with Gasteiger partial charge >= 0.3 is 5.97 Å². The van der Waals surface area contributed by atoms with Crippen LogP contribution in [0, 0.1) is 11.7 Å². The van der Waals surface area contributed by atoms with Crippen molar-refractivity contribution in [2.75, 3.05) is 11.9 Å². The van der Waals surface area contributed by atoms with Crippen molar-refractivity contribution in [1.29, 1.82) is 0 Å². The molecule has 8 nitrogen and oxygen atoms in total. The van der Waals surface area contributed by atoms with Crippen LogP contribution in [0.1, 0.15) is 23.7 Å². The fourth-order valence-corrected chi connectivity index (χ4v) is 4.62. The van der Waals surface area contributed by atoms with E-state index in [-0.39, 0.29) is 24.4 Å². The van der Waals surface area contributed by atoms with Crippen LogP contribution in [0.2, 0.25) is 5.02 Å². The lowest BCUT2D eigenvalue weighted by molar-refractivity contribution is -0.139. The molecule has 3 unspecified atom stereocenters. The second-order valence-electron chi connectivity index (χ2n) is 8.67. The van der Waals surface area contributed by atoms with E-state index in [1.165, 1.54) is 18.5 Å². The summed E-state index contributed by atoms with van der Waals surface area (Å²) in [5, 5.41) is 17.3. The predicted octanol–water partition coefficient (Wildman–Crippen LogP) is 4.61. The molecule has 1 aliphatic heterocycles. The van der Waals surface area contributed by atoms with Crippen LogP contribution >= 0.6 is 11.6 Å². The second kappa shape index (κ2) is 10.4. The molecule has 2 aromatic carbocycles. The highest BCUT2D eigenvalue weighted by Gasteiger charge is 2.35. The minimum absolute atomic E-state index is 0.0386. The number of nitrogens with one attached hydrogen (secondary N) is 2. The number of hydrogen-bond donors (Lipinski definition) is 3. The summed E-state index contributed by atoms with van der Waals surface area (Å²) in [6, 6.07) is 12.5. The number of benzene rings is 2. The molecule has 1 aliphatic rings. The summed E-state index contributed by atoms with van der Waals surface area (Å²) >= 11 is 6.50. The third kappa shape index (κ3) is 5.37. The van der Waals surface area contributed by atoms with Gasteiger partial charge < -0.3 is 20.5 Å². The van der Waals surface area contributed by atoms with Crippen molar-refractivity contribution in [1.82, 2.24) is 20.3 Å². The Morgan fingerprint density at radius 2 is 2.11 bits per heavy atom. The molecule has 0 amide bonds. The normalized spacial score (nSPS) is 18.2. The highest BCUT2D eigenvalue weighted by Crippen LogP contribution is 2.35. The third-order valence-electron chi connectivity index (χ3n) is 6.20. The Labute approximate surface area is 211 Å². The van der Waals surface area contributed by atoms with Crippen LogP contribution in [0.3, 0.4) is 0 Å². The number of carbonyl (C=O) groups is 1. The predicted molar refractivity (Wildman–Crippen MR) is 133 cm³/mol. The number of halogens is 2. The molecule has 4 aromatic rings. The maximum Gasteiger partial charge on any atom is 0.320 e. The van der Waals surface area contributed by atoms with Crippen molar-refractivity contribution >= 4 is 34.2 Å². The summed E-state index contributed by atoms with van der Waals surface area (Å²) in [7, 11) is 0. The Kier molecular flexibility index (Phi) is 6.92. The number of aliphatic carboxylic acids is 1. The van der Waals surface area contributed by atoms with E-state index in [0.717, 1.165) is 22.3 Å². The Bertz CT molecular complexity index is 1410. The lowest BCUT2D eigenvalue weighted by atomic mass is 9.93. The molecule has 5 rings (SSSR count). The Morgan fingerprint density at radius 3 is 2.89 bits per heavy atom. The molecule has 0 radical (unpaired) electrons. The van der Waals surface area contributed by atoms with Crippen LogP contribution in [0.15, 0.2) is 67.3 Å². The quantitative estimate of drug-likeness (QED) is 0.317. The van der Waals surface area contributed by atoms with Crippen LogP contribution in [-0.2, 0) is 11.4 Å². The topological polar surface area (TPSA) is 109 Å². The minimum Gasteiger partial charge on any atom is -0.487 e. The van der Waals surface area contributed by atoms with Gasteiger partial charge in [-0.1, -0.05) is 23.7 Å². The van der Waals surface area contributed by atoms with Crippen LogP contribution in [0.5, 0.6) is 5.75 Å². The zero-order valence-corrected chi connectivity index (χ0v) is 19.8. The summed E-state index contributed by atoms with van der Waals surface area (Å²) in [4.78, 5) is 24.5. The average molecular weight is 508 g/mol. The summed E-state index contributed by atoms with van der Waals surface area (Å²) in [5.41, 5.74) is 2.90. The molecule has 1 fully saturated rings. The SMILES string of the molecule is O=C(O)C1CC(C(Nc2ccc(OCc3cccc(F)c3)c(Cl)c2)c2cc3cncnc3cn2)CN1. The Balaban J connectivity index is 1.38. The van der Waals surface area contributed by atoms with Crippen LogP contribution < -0.4 is 15.4 Å². The maximum atomic E-state index is 13.4. The van der Waals surface area contributed by atoms with Gasteiger partial charge in [-0.3, -0.25) is 9.78 Å². The molecule has 3 atom stereocenters. The van der Waals surface area contributed by atoms with Crippen LogP contribution in [-0.4, -0.2) is 38.6 Å². The molecule has 0 bridgehead atoms. The lowest BCUT2D eigenvalue weighted by Crippen LogP contribution is -2.30. The van der Waals surface area contributed by atoms with Crippen molar-refractivity contribution in [2.24, 2.45) is 5.92 Å². The molecule has 36 heavy (non-hydrogen) atoms. The highest BCUT2D eigenvalue weighted by molar-refractivity contribution is 6.32. The molecule has 10 heteroatoms. The van der Waals surface area contributed by atoms with Gasteiger partial charge in [-0.2, -0.15) is 0 Å². The van der Waals surface area contributed by atoms with Gasteiger partial charge in [-0.15, -0.1) is 0 Å². The molecular weight excluding hydrogens is 485 g/mol. The number of hydrogen-bond acceptors (Lipinski definition) is 7. The number of ether oxygens (including phenoxy) is 1. The van der Waals surface area contributed by atoms with E-state index in [1.54, 1.807) is 36.7 Å². The van der Waals surface area contributed by atoms with Crippen molar-refractivity contribution in [2.45, 2.75) is 25.1 Å². The number of carboxylic acid groups (broad SMARTS) is 1. The molecule has 0 aliphatic carbocycles. The molecular formula is C26H23ClFN5O3. The number of anilines is 1. The smallest absolute Gasteiger partial charge is 0.320 e. The number of aromatic nitrogens is 3. The zero-order valence-electron chi connectivity index (χ0n) is 19.1. The molecule has 3 N–H and O–H groups in total. The average Bonchev–Trinajstić information content (AvgIpc) is 3.37. The largest absolute Gasteiger partial charge is 0.487 e. The van der Waals surface area contributed by atoms with Gasteiger partial charge in [0.1, 0.15) is 30.5 Å². The molecule has 0 saturated carbocycles. The fourth-order valence-electron chi connectivity index (χ4n) is 4.38. The second-order valence-corrected chi connectivity index (χ2v) is 9.08. The first-order valence-electron chi connectivity index (χ1n) is 11.4. The van der Waals surface area contributed by atoms with Gasteiger partial charge in [0.25, 0.3) is 0 Å². The van der Waals surface area contributed by atoms with Crippen LogP contribution in [0.25, 0.3) is 10.9 Å². The van der Waals surface area contributed by atoms with Crippen molar-refractivity contribution in [3.05, 3.63) is 89.3 Å². The summed E-state index contributed by atoms with van der Waals surface area (Å²) in [6.07, 6.45) is 5.33. The first-order chi connectivity index (χ1) is 17.5. The Morgan fingerprint density at radius 1 is 1.22 bits per heavy atom. The first-order valence-corrected chi connectivity index (χ1v) is 11.8. The van der Waals surface area contributed by atoms with Gasteiger partial charge in [-0.25, -0.2) is 14.4 Å². The van der Waals surface area contributed by atoms with E-state index in [0.29, 0.717) is 29.3 Å². The van der Waals surface area contributed by atoms with E-state index < -0.39 is 12.0 Å². The summed E-state index contributed by atoms with van der Waals surface area (Å²) in [5.74, 6) is -0.770. The summed E-state index contributed by atoms with van der Waals surface area (Å²) < 4.78 is 19.2. The van der Waals surface area contributed by atoms with Gasteiger partial charge in [0.15, 0.2) is 0 Å². The number of rotatable bonds is 8. The van der Waals surface area contributed by atoms with Crippen molar-refractivity contribution in [3.8, 4) is 5.75 Å². The fraction of sp³-hybridized carbons (Fsp3) is 0.231. The van der Waals surface area contributed by atoms with Crippen molar-refractivity contribution < 1.29 is 19.0 Å². The highest BCUT2D eigenvalue weighted by atomic mass is 35.5. The van der Waals surface area contributed by atoms with Crippen LogP contribution in [0.4, 0.5) is 10.1 Å². The van der Waals surface area contributed by atoms with Gasteiger partial charge in [-0.05, 0) is 54.3 Å². The first kappa shape index (κ1) is 23.9. The standard InChI is InChI=1S/C26H23ClFN5O3/c27-20-9-19(4-5-24(20)36-13-15-2-1-3-18(28)6-15)33-25(17-8-22(26(34)35)30-11-17)21-7-16-10-29-14-32-23(16)12-31-21/h1-7,9-10,12,14,17,22,25,30,33H,8,11,13H2,(H,34,35). The van der Waals surface area contributed by atoms with E-state index in [9.17, 15) is 14.3 Å². The van der Waals surface area contributed by atoms with Gasteiger partial charge in [0, 0.05) is 23.8 Å². The molecule has 1 saturated heterocycles. The van der Waals surface area contributed by atoms with E-state index in [2.05, 4.69) is 25.6 Å². The van der Waals surface area contributed by atoms with Crippen molar-refractivity contribution in [3.63, 3.8) is 0 Å². The monoisotopic (exact) mass is 507 g/mol. The lowest BCUT2D eigenvalue weighted by Gasteiger charge is -2.25. The summed E-state index contributed by atoms with van der Waals surface area (Å²) in [6.45, 7) is 0.697. The number of carboxylic acids is 1. The van der Waals surface area contributed by atoms with Gasteiger partial charge in [0.05, 0.1) is 28.5 Å².